The van der Waals surface area contributed by atoms with Gasteiger partial charge in [-0.25, -0.2) is 4.39 Å². The number of amides is 4. The second-order valence-electron chi connectivity index (χ2n) is 6.34. The van der Waals surface area contributed by atoms with Crippen LogP contribution in [-0.4, -0.2) is 42.8 Å². The maximum atomic E-state index is 12.9. The van der Waals surface area contributed by atoms with Crippen molar-refractivity contribution >= 4 is 46.8 Å². The maximum absolute atomic E-state index is 12.9. The van der Waals surface area contributed by atoms with E-state index >= 15 is 0 Å². The minimum absolute atomic E-state index is 0.128. The van der Waals surface area contributed by atoms with Gasteiger partial charge in [0.25, 0.3) is 17.7 Å². The van der Waals surface area contributed by atoms with Crippen molar-refractivity contribution < 1.29 is 28.3 Å². The Kier molecular flexibility index (Phi) is 9.23. The molecule has 0 bridgehead atoms. The number of ether oxygens (including phenoxy) is 1. The first-order valence-corrected chi connectivity index (χ1v) is 9.92. The summed E-state index contributed by atoms with van der Waals surface area (Å²) in [5, 5.41) is 5.12. The van der Waals surface area contributed by atoms with Gasteiger partial charge in [0.2, 0.25) is 5.91 Å². The molecule has 0 aromatic heterocycles. The number of hydrazine groups is 1. The molecule has 0 spiro atoms. The van der Waals surface area contributed by atoms with E-state index in [-0.39, 0.29) is 16.3 Å². The van der Waals surface area contributed by atoms with Crippen LogP contribution in [0.15, 0.2) is 42.5 Å². The molecule has 2 rings (SSSR count). The number of hydrogen-bond donors (Lipinski definition) is 4. The Morgan fingerprint density at radius 3 is 2.25 bits per heavy atom. The SMILES string of the molecule is CC(Oc1ccc(F)cc1)C(=O)NNC(=O)CNC(=O)CNC(=O)c1ccc(Cl)cc1Cl. The lowest BCUT2D eigenvalue weighted by atomic mass is 10.2. The first kappa shape index (κ1) is 24.9. The molecule has 2 aromatic rings. The second kappa shape index (κ2) is 11.9. The largest absolute Gasteiger partial charge is 0.481 e. The summed E-state index contributed by atoms with van der Waals surface area (Å²) in [4.78, 5) is 47.5. The van der Waals surface area contributed by atoms with Crippen molar-refractivity contribution in [3.63, 3.8) is 0 Å². The molecule has 0 saturated carbocycles. The highest BCUT2D eigenvalue weighted by molar-refractivity contribution is 6.36. The van der Waals surface area contributed by atoms with Gasteiger partial charge in [0.1, 0.15) is 11.6 Å². The van der Waals surface area contributed by atoms with Gasteiger partial charge < -0.3 is 15.4 Å². The third-order valence-electron chi connectivity index (χ3n) is 3.85. The number of carbonyl (C=O) groups excluding carboxylic acids is 4. The van der Waals surface area contributed by atoms with Crippen molar-refractivity contribution in [2.24, 2.45) is 0 Å². The molecule has 12 heteroatoms. The maximum Gasteiger partial charge on any atom is 0.279 e. The number of carbonyl (C=O) groups is 4. The molecule has 0 aliphatic rings. The van der Waals surface area contributed by atoms with E-state index in [1.165, 1.54) is 49.4 Å². The van der Waals surface area contributed by atoms with Crippen LogP contribution in [-0.2, 0) is 14.4 Å². The van der Waals surface area contributed by atoms with Gasteiger partial charge in [-0.15, -0.1) is 0 Å². The van der Waals surface area contributed by atoms with Crippen molar-refractivity contribution in [1.82, 2.24) is 21.5 Å². The van der Waals surface area contributed by atoms with Crippen LogP contribution in [0.5, 0.6) is 5.75 Å². The summed E-state index contributed by atoms with van der Waals surface area (Å²) in [6, 6.07) is 9.34. The van der Waals surface area contributed by atoms with Crippen LogP contribution >= 0.6 is 23.2 Å². The number of hydrogen-bond acceptors (Lipinski definition) is 5. The Morgan fingerprint density at radius 2 is 1.59 bits per heavy atom. The molecule has 0 heterocycles. The van der Waals surface area contributed by atoms with Gasteiger partial charge in [0.05, 0.1) is 23.7 Å². The van der Waals surface area contributed by atoms with Gasteiger partial charge in [0.15, 0.2) is 6.10 Å². The molecule has 170 valence electrons. The van der Waals surface area contributed by atoms with Crippen LogP contribution < -0.4 is 26.2 Å². The molecule has 0 fully saturated rings. The van der Waals surface area contributed by atoms with Crippen LogP contribution in [0.3, 0.4) is 0 Å². The Labute approximate surface area is 192 Å². The number of halogens is 3. The van der Waals surface area contributed by atoms with Gasteiger partial charge in [-0.3, -0.25) is 30.0 Å². The summed E-state index contributed by atoms with van der Waals surface area (Å²) in [7, 11) is 0. The van der Waals surface area contributed by atoms with E-state index in [2.05, 4.69) is 21.5 Å². The van der Waals surface area contributed by atoms with Gasteiger partial charge in [-0.1, -0.05) is 23.2 Å². The minimum Gasteiger partial charge on any atom is -0.481 e. The van der Waals surface area contributed by atoms with E-state index in [1.54, 1.807) is 0 Å². The van der Waals surface area contributed by atoms with Crippen molar-refractivity contribution in [3.8, 4) is 5.75 Å². The van der Waals surface area contributed by atoms with E-state index in [1.807, 2.05) is 0 Å². The van der Waals surface area contributed by atoms with Gasteiger partial charge in [-0.2, -0.15) is 0 Å². The zero-order valence-corrected chi connectivity index (χ0v) is 18.2. The summed E-state index contributed by atoms with van der Waals surface area (Å²) in [5.41, 5.74) is 4.38. The normalized spacial score (nSPS) is 11.1. The molecule has 32 heavy (non-hydrogen) atoms. The van der Waals surface area contributed by atoms with Gasteiger partial charge >= 0.3 is 0 Å². The predicted molar refractivity (Wildman–Crippen MR) is 115 cm³/mol. The van der Waals surface area contributed by atoms with Gasteiger partial charge in [-0.05, 0) is 49.4 Å². The van der Waals surface area contributed by atoms with E-state index in [0.29, 0.717) is 5.02 Å². The van der Waals surface area contributed by atoms with E-state index in [4.69, 9.17) is 27.9 Å². The third kappa shape index (κ3) is 8.05. The molecule has 0 saturated heterocycles. The molecule has 4 amide bonds. The van der Waals surface area contributed by atoms with Crippen molar-refractivity contribution in [2.75, 3.05) is 13.1 Å². The first-order valence-electron chi connectivity index (χ1n) is 9.16. The Hall–Kier alpha value is -3.37. The standard InChI is InChI=1S/C20H19Cl2FN4O5/c1-11(32-14-5-3-13(23)4-6-14)19(30)27-26-18(29)10-24-17(28)9-25-20(31)15-7-2-12(21)8-16(15)22/h2-8,11H,9-10H2,1H3,(H,24,28)(H,25,31)(H,26,29)(H,27,30). The summed E-state index contributed by atoms with van der Waals surface area (Å²) in [6.07, 6.45) is -0.981. The zero-order valence-electron chi connectivity index (χ0n) is 16.7. The minimum atomic E-state index is -0.981. The molecule has 4 N–H and O–H groups in total. The van der Waals surface area contributed by atoms with Gasteiger partial charge in [0, 0.05) is 5.02 Å². The predicted octanol–water partition coefficient (Wildman–Crippen LogP) is 1.59. The highest BCUT2D eigenvalue weighted by Crippen LogP contribution is 2.20. The molecule has 1 atom stereocenters. The topological polar surface area (TPSA) is 126 Å². The molecule has 1 unspecified atom stereocenters. The quantitative estimate of drug-likeness (QED) is 0.423. The molecule has 9 nitrogen and oxygen atoms in total. The van der Waals surface area contributed by atoms with Crippen LogP contribution in [0.1, 0.15) is 17.3 Å². The number of benzene rings is 2. The van der Waals surface area contributed by atoms with Crippen molar-refractivity contribution in [3.05, 3.63) is 63.9 Å². The molecule has 0 aliphatic heterocycles. The summed E-state index contributed by atoms with van der Waals surface area (Å²) in [6.45, 7) is 0.575. The fourth-order valence-electron chi connectivity index (χ4n) is 2.22. The monoisotopic (exact) mass is 484 g/mol. The first-order chi connectivity index (χ1) is 15.2. The molecular formula is C20H19Cl2FN4O5. The average Bonchev–Trinajstić information content (AvgIpc) is 2.75. The van der Waals surface area contributed by atoms with Crippen molar-refractivity contribution in [2.45, 2.75) is 13.0 Å². The lowest BCUT2D eigenvalue weighted by Crippen LogP contribution is -2.50. The molecule has 0 radical (unpaired) electrons. The number of rotatable bonds is 8. The van der Waals surface area contributed by atoms with Crippen LogP contribution in [0.25, 0.3) is 0 Å². The Morgan fingerprint density at radius 1 is 0.938 bits per heavy atom. The number of nitrogens with one attached hydrogen (secondary N) is 4. The van der Waals surface area contributed by atoms with Crippen LogP contribution in [0.2, 0.25) is 10.0 Å². The summed E-state index contributed by atoms with van der Waals surface area (Å²) in [5.74, 6) is -2.79. The van der Waals surface area contributed by atoms with Crippen LogP contribution in [0.4, 0.5) is 4.39 Å². The zero-order chi connectivity index (χ0) is 23.7. The highest BCUT2D eigenvalue weighted by atomic mass is 35.5. The fourth-order valence-corrected chi connectivity index (χ4v) is 2.71. The lowest BCUT2D eigenvalue weighted by Gasteiger charge is -2.15. The smallest absolute Gasteiger partial charge is 0.279 e. The average molecular weight is 485 g/mol. The Bertz CT molecular complexity index is 1000. The third-order valence-corrected chi connectivity index (χ3v) is 4.40. The summed E-state index contributed by atoms with van der Waals surface area (Å²) >= 11 is 11.7. The second-order valence-corrected chi connectivity index (χ2v) is 7.18. The highest BCUT2D eigenvalue weighted by Gasteiger charge is 2.16. The molecular weight excluding hydrogens is 466 g/mol. The fraction of sp³-hybridized carbons (Fsp3) is 0.200. The van der Waals surface area contributed by atoms with Crippen molar-refractivity contribution in [1.29, 1.82) is 0 Å². The van der Waals surface area contributed by atoms with E-state index in [9.17, 15) is 23.6 Å². The van der Waals surface area contributed by atoms with E-state index in [0.717, 1.165) is 0 Å². The van der Waals surface area contributed by atoms with Crippen LogP contribution in [0, 0.1) is 5.82 Å². The summed E-state index contributed by atoms with van der Waals surface area (Å²) < 4.78 is 18.2. The molecule has 2 aromatic carbocycles. The Balaban J connectivity index is 1.67. The molecule has 0 aliphatic carbocycles. The lowest BCUT2D eigenvalue weighted by molar-refractivity contribution is -0.132. The van der Waals surface area contributed by atoms with E-state index < -0.39 is 48.6 Å².